The molecule has 0 saturated carbocycles. The summed E-state index contributed by atoms with van der Waals surface area (Å²) in [7, 11) is 0. The van der Waals surface area contributed by atoms with Crippen molar-refractivity contribution in [3.05, 3.63) is 65.7 Å². The van der Waals surface area contributed by atoms with Crippen LogP contribution in [0.15, 0.2) is 54.6 Å². The molecule has 4 amide bonds. The van der Waals surface area contributed by atoms with Crippen molar-refractivity contribution in [2.24, 2.45) is 5.73 Å². The van der Waals surface area contributed by atoms with Crippen LogP contribution in [-0.2, 0) is 19.1 Å². The van der Waals surface area contributed by atoms with Crippen molar-refractivity contribution < 1.29 is 23.9 Å². The minimum Gasteiger partial charge on any atom is -0.444 e. The van der Waals surface area contributed by atoms with E-state index < -0.39 is 47.5 Å². The Morgan fingerprint density at radius 2 is 1.57 bits per heavy atom. The van der Waals surface area contributed by atoms with Crippen LogP contribution >= 0.6 is 0 Å². The van der Waals surface area contributed by atoms with Gasteiger partial charge in [-0.25, -0.2) is 4.79 Å². The molecule has 2 unspecified atom stereocenters. The van der Waals surface area contributed by atoms with E-state index in [4.69, 9.17) is 10.5 Å². The van der Waals surface area contributed by atoms with Gasteiger partial charge in [0.05, 0.1) is 0 Å². The minimum absolute atomic E-state index is 0.0441. The normalized spacial score (nSPS) is 12.8. The van der Waals surface area contributed by atoms with Crippen molar-refractivity contribution in [1.29, 1.82) is 0 Å². The Labute approximate surface area is 218 Å². The van der Waals surface area contributed by atoms with Crippen LogP contribution in [-0.4, -0.2) is 46.4 Å². The maximum absolute atomic E-state index is 14.0. The molecule has 37 heavy (non-hydrogen) atoms. The quantitative estimate of drug-likeness (QED) is 0.443. The third kappa shape index (κ3) is 8.93. The van der Waals surface area contributed by atoms with Gasteiger partial charge in [-0.3, -0.25) is 14.4 Å². The number of hydrogen-bond donors (Lipinski definition) is 3. The molecule has 0 saturated heterocycles. The van der Waals surface area contributed by atoms with Gasteiger partial charge in [0.15, 0.2) is 0 Å². The fraction of sp³-hybridized carbons (Fsp3) is 0.429. The van der Waals surface area contributed by atoms with Gasteiger partial charge in [0, 0.05) is 18.2 Å². The Balaban J connectivity index is 2.48. The Kier molecular flexibility index (Phi) is 10.2. The first-order chi connectivity index (χ1) is 17.3. The number of nitrogens with zero attached hydrogens (tertiary/aromatic N) is 1. The number of nitrogens with one attached hydrogen (secondary N) is 2. The molecule has 0 aliphatic carbocycles. The highest BCUT2D eigenvalue weighted by Gasteiger charge is 2.38. The molecule has 2 aromatic carbocycles. The van der Waals surface area contributed by atoms with E-state index >= 15 is 0 Å². The van der Waals surface area contributed by atoms with Crippen LogP contribution in [0, 0.1) is 6.92 Å². The molecule has 2 aromatic rings. The molecule has 0 radical (unpaired) electrons. The van der Waals surface area contributed by atoms with Crippen LogP contribution in [0.3, 0.4) is 0 Å². The fourth-order valence-corrected chi connectivity index (χ4v) is 3.84. The van der Waals surface area contributed by atoms with Crippen LogP contribution in [0.2, 0.25) is 0 Å². The van der Waals surface area contributed by atoms with E-state index in [2.05, 4.69) is 10.6 Å². The summed E-state index contributed by atoms with van der Waals surface area (Å²) in [6.45, 7) is 10.6. The van der Waals surface area contributed by atoms with E-state index in [1.807, 2.05) is 31.2 Å². The monoisotopic (exact) mass is 510 g/mol. The number of para-hydroxylation sites is 1. The van der Waals surface area contributed by atoms with Gasteiger partial charge >= 0.3 is 6.09 Å². The van der Waals surface area contributed by atoms with Crippen molar-refractivity contribution in [3.63, 3.8) is 0 Å². The molecule has 0 bridgehead atoms. The van der Waals surface area contributed by atoms with Gasteiger partial charge in [0.2, 0.25) is 11.8 Å². The second-order valence-corrected chi connectivity index (χ2v) is 10.2. The number of aryl methyl sites for hydroxylation is 1. The van der Waals surface area contributed by atoms with Crippen LogP contribution in [0.4, 0.5) is 10.5 Å². The zero-order valence-corrected chi connectivity index (χ0v) is 22.4. The molecule has 0 spiro atoms. The molecule has 9 nitrogen and oxygen atoms in total. The SMILES string of the molecule is Cc1ccccc1NC(=O)C(c1ccccc1)N(C(=O)C(CCC(N)=O)NC(=O)OC(C)(C)C)C(C)C. The van der Waals surface area contributed by atoms with Crippen LogP contribution < -0.4 is 16.4 Å². The van der Waals surface area contributed by atoms with Gasteiger partial charge in [-0.2, -0.15) is 0 Å². The summed E-state index contributed by atoms with van der Waals surface area (Å²) in [6, 6.07) is 13.7. The number of amides is 4. The van der Waals surface area contributed by atoms with Crippen molar-refractivity contribution >= 4 is 29.5 Å². The summed E-state index contributed by atoms with van der Waals surface area (Å²) < 4.78 is 5.33. The van der Waals surface area contributed by atoms with Crippen LogP contribution in [0.5, 0.6) is 0 Å². The lowest BCUT2D eigenvalue weighted by Gasteiger charge is -2.37. The number of rotatable bonds is 10. The summed E-state index contributed by atoms with van der Waals surface area (Å²) in [6.07, 6.45) is -0.985. The molecule has 200 valence electrons. The summed E-state index contributed by atoms with van der Waals surface area (Å²) in [5.41, 5.74) is 6.64. The lowest BCUT2D eigenvalue weighted by atomic mass is 9.99. The van der Waals surface area contributed by atoms with Crippen molar-refractivity contribution in [2.75, 3.05) is 5.32 Å². The molecule has 0 aromatic heterocycles. The Bertz CT molecular complexity index is 1100. The Morgan fingerprint density at radius 3 is 2.11 bits per heavy atom. The topological polar surface area (TPSA) is 131 Å². The number of anilines is 1. The van der Waals surface area contributed by atoms with E-state index in [0.717, 1.165) is 5.56 Å². The highest BCUT2D eigenvalue weighted by atomic mass is 16.6. The molecule has 0 heterocycles. The average molecular weight is 511 g/mol. The number of hydrogen-bond acceptors (Lipinski definition) is 5. The zero-order chi connectivity index (χ0) is 27.8. The van der Waals surface area contributed by atoms with Crippen molar-refractivity contribution in [1.82, 2.24) is 10.2 Å². The molecule has 9 heteroatoms. The second kappa shape index (κ2) is 12.9. The van der Waals surface area contributed by atoms with E-state index in [0.29, 0.717) is 11.3 Å². The molecule has 0 fully saturated rings. The fourth-order valence-electron chi connectivity index (χ4n) is 3.84. The number of benzene rings is 2. The van der Waals surface area contributed by atoms with Gasteiger partial charge < -0.3 is 26.0 Å². The second-order valence-electron chi connectivity index (χ2n) is 10.2. The third-order valence-electron chi connectivity index (χ3n) is 5.52. The van der Waals surface area contributed by atoms with E-state index in [1.54, 1.807) is 65.0 Å². The lowest BCUT2D eigenvalue weighted by Crippen LogP contribution is -2.54. The largest absolute Gasteiger partial charge is 0.444 e. The maximum atomic E-state index is 14.0. The van der Waals surface area contributed by atoms with Gasteiger partial charge in [0.1, 0.15) is 17.7 Å². The van der Waals surface area contributed by atoms with Crippen LogP contribution in [0.1, 0.15) is 64.6 Å². The highest BCUT2D eigenvalue weighted by Crippen LogP contribution is 2.27. The number of ether oxygens (including phenoxy) is 1. The predicted octanol–water partition coefficient (Wildman–Crippen LogP) is 4.07. The molecule has 0 aliphatic rings. The first-order valence-electron chi connectivity index (χ1n) is 12.3. The third-order valence-corrected chi connectivity index (χ3v) is 5.52. The van der Waals surface area contributed by atoms with E-state index in [1.165, 1.54) is 4.90 Å². The summed E-state index contributed by atoms with van der Waals surface area (Å²) in [4.78, 5) is 53.2. The zero-order valence-electron chi connectivity index (χ0n) is 22.4. The number of primary amides is 1. The van der Waals surface area contributed by atoms with Gasteiger partial charge in [-0.1, -0.05) is 48.5 Å². The molecule has 0 aliphatic heterocycles. The molecular formula is C28H38N4O5. The average Bonchev–Trinajstić information content (AvgIpc) is 2.80. The molecule has 2 rings (SSSR count). The first-order valence-corrected chi connectivity index (χ1v) is 12.3. The standard InChI is InChI=1S/C28H38N4O5/c1-18(2)32(26(35)22(16-17-23(29)33)31-27(36)37-28(4,5)6)24(20-13-8-7-9-14-20)25(34)30-21-15-11-10-12-19(21)3/h7-15,18,22,24H,16-17H2,1-6H3,(H2,29,33)(H,30,34)(H,31,36). The summed E-state index contributed by atoms with van der Waals surface area (Å²) >= 11 is 0. The van der Waals surface area contributed by atoms with Crippen molar-refractivity contribution in [3.8, 4) is 0 Å². The Morgan fingerprint density at radius 1 is 0.973 bits per heavy atom. The number of carbonyl (C=O) groups excluding carboxylic acids is 4. The number of alkyl carbamates (subject to hydrolysis) is 1. The molecule has 4 N–H and O–H groups in total. The molecular weight excluding hydrogens is 472 g/mol. The number of nitrogens with two attached hydrogens (primary N) is 1. The number of carbonyl (C=O) groups is 4. The van der Waals surface area contributed by atoms with Gasteiger partial charge in [-0.05, 0) is 65.2 Å². The van der Waals surface area contributed by atoms with Gasteiger partial charge in [0.25, 0.3) is 5.91 Å². The highest BCUT2D eigenvalue weighted by molar-refractivity contribution is 5.99. The maximum Gasteiger partial charge on any atom is 0.408 e. The predicted molar refractivity (Wildman–Crippen MR) is 143 cm³/mol. The van der Waals surface area contributed by atoms with Gasteiger partial charge in [-0.15, -0.1) is 0 Å². The lowest BCUT2D eigenvalue weighted by molar-refractivity contribution is -0.143. The minimum atomic E-state index is -1.14. The van der Waals surface area contributed by atoms with E-state index in [9.17, 15) is 19.2 Å². The smallest absolute Gasteiger partial charge is 0.408 e. The van der Waals surface area contributed by atoms with Crippen LogP contribution in [0.25, 0.3) is 0 Å². The molecule has 2 atom stereocenters. The van der Waals surface area contributed by atoms with E-state index in [-0.39, 0.29) is 12.8 Å². The summed E-state index contributed by atoms with van der Waals surface area (Å²) in [5, 5.41) is 5.52. The van der Waals surface area contributed by atoms with Crippen molar-refractivity contribution in [2.45, 2.75) is 78.1 Å². The first kappa shape index (κ1) is 29.4. The Hall–Kier alpha value is -3.88. The summed E-state index contributed by atoms with van der Waals surface area (Å²) in [5.74, 6) is -1.55.